The van der Waals surface area contributed by atoms with Crippen molar-refractivity contribution in [3.63, 3.8) is 0 Å². The molecule has 0 bridgehead atoms. The molecule has 0 aliphatic heterocycles. The predicted molar refractivity (Wildman–Crippen MR) is 57.4 cm³/mol. The van der Waals surface area contributed by atoms with E-state index in [4.69, 9.17) is 16.7 Å². The van der Waals surface area contributed by atoms with Crippen LogP contribution in [0.3, 0.4) is 0 Å². The maximum absolute atomic E-state index is 12.4. The molecule has 0 spiro atoms. The topological polar surface area (TPSA) is 33.1 Å². The van der Waals surface area contributed by atoms with E-state index in [1.165, 1.54) is 0 Å². The molecule has 0 saturated carbocycles. The average molecular weight is 334 g/mol. The van der Waals surface area contributed by atoms with E-state index in [9.17, 15) is 8.78 Å². The molecular formula is C8H7ClF2INO. The second-order valence-corrected chi connectivity index (χ2v) is 3.89. The van der Waals surface area contributed by atoms with Crippen molar-refractivity contribution in [1.82, 2.24) is 4.98 Å². The van der Waals surface area contributed by atoms with Crippen molar-refractivity contribution in [1.29, 1.82) is 0 Å². The van der Waals surface area contributed by atoms with Crippen LogP contribution < -0.4 is 0 Å². The van der Waals surface area contributed by atoms with Crippen LogP contribution in [0.4, 0.5) is 8.78 Å². The van der Waals surface area contributed by atoms with E-state index in [0.717, 1.165) is 6.20 Å². The van der Waals surface area contributed by atoms with Crippen LogP contribution in [0.25, 0.3) is 0 Å². The fourth-order valence-corrected chi connectivity index (χ4v) is 2.10. The highest BCUT2D eigenvalue weighted by Gasteiger charge is 2.17. The number of aliphatic hydroxyl groups excluding tert-OH is 1. The van der Waals surface area contributed by atoms with E-state index in [-0.39, 0.29) is 18.1 Å². The number of hydrogen-bond acceptors (Lipinski definition) is 2. The molecule has 0 amide bonds. The summed E-state index contributed by atoms with van der Waals surface area (Å²) in [5, 5.41) is 8.99. The summed E-state index contributed by atoms with van der Waals surface area (Å²) < 4.78 is 25.2. The summed E-state index contributed by atoms with van der Waals surface area (Å²) in [5.74, 6) is 0.107. The first-order valence-electron chi connectivity index (χ1n) is 3.73. The van der Waals surface area contributed by atoms with Crippen LogP contribution in [-0.2, 0) is 12.5 Å². The Balaban J connectivity index is 3.27. The zero-order valence-corrected chi connectivity index (χ0v) is 9.89. The number of alkyl halides is 3. The van der Waals surface area contributed by atoms with Gasteiger partial charge in [0, 0.05) is 20.9 Å². The van der Waals surface area contributed by atoms with Crippen LogP contribution in [0.1, 0.15) is 23.2 Å². The first kappa shape index (κ1) is 12.1. The van der Waals surface area contributed by atoms with Crippen molar-refractivity contribution in [3.8, 4) is 0 Å². The number of hydrogen-bond donors (Lipinski definition) is 1. The lowest BCUT2D eigenvalue weighted by Gasteiger charge is -2.10. The van der Waals surface area contributed by atoms with Gasteiger partial charge in [-0.2, -0.15) is 0 Å². The molecule has 1 heterocycles. The summed E-state index contributed by atoms with van der Waals surface area (Å²) in [6.45, 7) is -0.326. The summed E-state index contributed by atoms with van der Waals surface area (Å²) in [5.41, 5.74) is 0.671. The van der Waals surface area contributed by atoms with Crippen LogP contribution in [0.5, 0.6) is 0 Å². The lowest BCUT2D eigenvalue weighted by Crippen LogP contribution is -2.03. The highest BCUT2D eigenvalue weighted by molar-refractivity contribution is 14.1. The van der Waals surface area contributed by atoms with Crippen molar-refractivity contribution in [2.24, 2.45) is 0 Å². The minimum Gasteiger partial charge on any atom is -0.392 e. The molecule has 0 aliphatic carbocycles. The molecule has 0 saturated heterocycles. The summed E-state index contributed by atoms with van der Waals surface area (Å²) in [7, 11) is 0. The molecule has 0 aliphatic rings. The average Bonchev–Trinajstić information content (AvgIpc) is 2.16. The maximum Gasteiger partial charge on any atom is 0.266 e. The number of aromatic nitrogens is 1. The molecule has 0 atom stereocenters. The molecule has 1 N–H and O–H groups in total. The third-order valence-electron chi connectivity index (χ3n) is 1.75. The lowest BCUT2D eigenvalue weighted by molar-refractivity contribution is 0.149. The quantitative estimate of drug-likeness (QED) is 0.681. The Morgan fingerprint density at radius 2 is 2.21 bits per heavy atom. The molecule has 6 heteroatoms. The Morgan fingerprint density at radius 1 is 1.57 bits per heavy atom. The van der Waals surface area contributed by atoms with Gasteiger partial charge in [0.15, 0.2) is 0 Å². The fourth-order valence-electron chi connectivity index (χ4n) is 1.01. The number of rotatable bonds is 3. The molecule has 0 fully saturated rings. The zero-order valence-electron chi connectivity index (χ0n) is 6.98. The molecule has 0 radical (unpaired) electrons. The first-order chi connectivity index (χ1) is 6.61. The van der Waals surface area contributed by atoms with Crippen molar-refractivity contribution in [2.75, 3.05) is 0 Å². The van der Waals surface area contributed by atoms with Crippen molar-refractivity contribution >= 4 is 34.2 Å². The van der Waals surface area contributed by atoms with Gasteiger partial charge in [-0.25, -0.2) is 8.78 Å². The molecule has 14 heavy (non-hydrogen) atoms. The van der Waals surface area contributed by atoms with Crippen molar-refractivity contribution in [2.45, 2.75) is 18.9 Å². The predicted octanol–water partition coefficient (Wildman–Crippen LogP) is 2.85. The minimum atomic E-state index is -2.58. The number of nitrogens with zero attached hydrogens (tertiary/aromatic N) is 1. The number of pyridine rings is 1. The third kappa shape index (κ3) is 2.32. The van der Waals surface area contributed by atoms with Crippen LogP contribution in [0.15, 0.2) is 6.20 Å². The Bertz CT molecular complexity index is 335. The van der Waals surface area contributed by atoms with Crippen molar-refractivity contribution in [3.05, 3.63) is 26.6 Å². The summed E-state index contributed by atoms with van der Waals surface area (Å²) >= 11 is 7.32. The molecule has 1 aromatic heterocycles. The van der Waals surface area contributed by atoms with Gasteiger partial charge < -0.3 is 5.11 Å². The monoisotopic (exact) mass is 333 g/mol. The fraction of sp³-hybridized carbons (Fsp3) is 0.375. The largest absolute Gasteiger partial charge is 0.392 e. The van der Waals surface area contributed by atoms with Gasteiger partial charge in [0.2, 0.25) is 0 Å². The number of halogens is 4. The van der Waals surface area contributed by atoms with Crippen LogP contribution >= 0.6 is 34.2 Å². The van der Waals surface area contributed by atoms with Gasteiger partial charge in [0.1, 0.15) is 0 Å². The lowest BCUT2D eigenvalue weighted by atomic mass is 10.1. The van der Waals surface area contributed by atoms with E-state index in [1.54, 1.807) is 22.6 Å². The molecule has 2 nitrogen and oxygen atoms in total. The van der Waals surface area contributed by atoms with Gasteiger partial charge in [0.25, 0.3) is 6.43 Å². The summed E-state index contributed by atoms with van der Waals surface area (Å²) in [6, 6.07) is 0. The second-order valence-electron chi connectivity index (χ2n) is 2.55. The first-order valence-corrected chi connectivity index (χ1v) is 5.34. The molecule has 1 rings (SSSR count). The SMILES string of the molecule is OCc1c(CCl)ncc(C(F)F)c1I. The summed E-state index contributed by atoms with van der Waals surface area (Å²) in [6.07, 6.45) is -1.48. The minimum absolute atomic E-state index is 0.107. The Kier molecular flexibility index (Phi) is 4.46. The molecular weight excluding hydrogens is 326 g/mol. The molecule has 1 aromatic rings. The van der Waals surface area contributed by atoms with E-state index in [2.05, 4.69) is 4.98 Å². The van der Waals surface area contributed by atoms with E-state index in [0.29, 0.717) is 14.8 Å². The van der Waals surface area contributed by atoms with Crippen LogP contribution in [-0.4, -0.2) is 10.1 Å². The summed E-state index contributed by atoms with van der Waals surface area (Å²) in [4.78, 5) is 3.77. The van der Waals surface area contributed by atoms with Gasteiger partial charge in [-0.1, -0.05) is 0 Å². The Hall–Kier alpha value is -0.0100. The van der Waals surface area contributed by atoms with E-state index >= 15 is 0 Å². The van der Waals surface area contributed by atoms with Gasteiger partial charge >= 0.3 is 0 Å². The standard InChI is InChI=1S/C8H7ClF2INO/c9-1-6-5(3-14)7(12)4(2-13-6)8(10)11/h2,8,14H,1,3H2. The van der Waals surface area contributed by atoms with Crippen LogP contribution in [0, 0.1) is 3.57 Å². The smallest absolute Gasteiger partial charge is 0.266 e. The normalized spacial score (nSPS) is 11.0. The highest BCUT2D eigenvalue weighted by Crippen LogP contribution is 2.28. The molecule has 78 valence electrons. The van der Waals surface area contributed by atoms with E-state index in [1.807, 2.05) is 0 Å². The third-order valence-corrected chi connectivity index (χ3v) is 3.27. The molecule has 0 aromatic carbocycles. The maximum atomic E-state index is 12.4. The van der Waals surface area contributed by atoms with E-state index < -0.39 is 6.43 Å². The Labute approximate surface area is 98.4 Å². The Morgan fingerprint density at radius 3 is 2.64 bits per heavy atom. The van der Waals surface area contributed by atoms with Gasteiger partial charge in [0.05, 0.1) is 18.2 Å². The van der Waals surface area contributed by atoms with Gasteiger partial charge in [-0.05, 0) is 22.6 Å². The van der Waals surface area contributed by atoms with Crippen LogP contribution in [0.2, 0.25) is 0 Å². The van der Waals surface area contributed by atoms with Gasteiger partial charge in [-0.3, -0.25) is 4.98 Å². The highest BCUT2D eigenvalue weighted by atomic mass is 127. The zero-order chi connectivity index (χ0) is 10.7. The van der Waals surface area contributed by atoms with Gasteiger partial charge in [-0.15, -0.1) is 11.6 Å². The van der Waals surface area contributed by atoms with Crippen molar-refractivity contribution < 1.29 is 13.9 Å². The molecule has 0 unspecified atom stereocenters. The second kappa shape index (κ2) is 5.18. The number of aliphatic hydroxyl groups is 1.